The monoisotopic (exact) mass is 570 g/mol. The number of carbonyl (C=O) groups excluding carboxylic acids is 1. The third-order valence-corrected chi connectivity index (χ3v) is 5.34. The van der Waals surface area contributed by atoms with Crippen LogP contribution in [0.25, 0.3) is 10.9 Å². The molecule has 0 atom stereocenters. The first kappa shape index (κ1) is 29.4. The maximum atomic E-state index is 14.3. The Labute approximate surface area is 210 Å². The zero-order chi connectivity index (χ0) is 29.7. The van der Waals surface area contributed by atoms with Gasteiger partial charge in [-0.2, -0.15) is 49.8 Å². The van der Waals surface area contributed by atoms with E-state index in [-0.39, 0.29) is 18.2 Å². The molecule has 0 unspecified atom stereocenters. The second-order valence-electron chi connectivity index (χ2n) is 8.24. The number of aromatic nitrogens is 1. The summed E-state index contributed by atoms with van der Waals surface area (Å²) in [7, 11) is 0. The number of nitrogens with two attached hydrogens (primary N) is 1. The van der Waals surface area contributed by atoms with Gasteiger partial charge in [-0.3, -0.25) is 4.79 Å². The maximum absolute atomic E-state index is 14.3. The molecule has 0 aliphatic rings. The number of benzene rings is 2. The van der Waals surface area contributed by atoms with Crippen LogP contribution in [0.15, 0.2) is 41.4 Å². The molecule has 0 saturated heterocycles. The molecule has 0 fully saturated rings. The molecule has 208 valence electrons. The molecule has 5 nitrogen and oxygen atoms in total. The van der Waals surface area contributed by atoms with Gasteiger partial charge in [-0.15, -0.1) is 0 Å². The summed E-state index contributed by atoms with van der Waals surface area (Å²) in [5.41, 5.74) is -3.23. The van der Waals surface area contributed by atoms with Crippen molar-refractivity contribution in [1.82, 2.24) is 4.57 Å². The summed E-state index contributed by atoms with van der Waals surface area (Å²) in [4.78, 5) is 15.6. The van der Waals surface area contributed by atoms with Crippen molar-refractivity contribution >= 4 is 22.6 Å². The molecule has 0 saturated carbocycles. The number of hydrogen-bond acceptors (Lipinski definition) is 2. The fraction of sp³-hybridized carbons (Fsp3) is 0.261. The number of hydrogen-bond donors (Lipinski definition) is 1. The van der Waals surface area contributed by atoms with Gasteiger partial charge in [-0.05, 0) is 36.4 Å². The minimum atomic E-state index is -5.28. The van der Waals surface area contributed by atoms with Crippen molar-refractivity contribution in [2.45, 2.75) is 37.9 Å². The van der Waals surface area contributed by atoms with Gasteiger partial charge in [0.05, 0.1) is 40.6 Å². The van der Waals surface area contributed by atoms with E-state index >= 15 is 0 Å². The summed E-state index contributed by atoms with van der Waals surface area (Å²) in [6, 6.07) is 3.28. The highest BCUT2D eigenvalue weighted by molar-refractivity contribution is 6.03. The van der Waals surface area contributed by atoms with Gasteiger partial charge in [0.25, 0.3) is 11.8 Å². The van der Waals surface area contributed by atoms with Crippen LogP contribution < -0.4 is 5.73 Å². The van der Waals surface area contributed by atoms with Crippen molar-refractivity contribution in [3.05, 3.63) is 69.9 Å². The van der Waals surface area contributed by atoms with Gasteiger partial charge in [-0.25, -0.2) is 8.78 Å². The van der Waals surface area contributed by atoms with E-state index in [1.54, 1.807) is 0 Å². The quantitative estimate of drug-likeness (QED) is 0.211. The summed E-state index contributed by atoms with van der Waals surface area (Å²) in [5, 5.41) is 8.23. The van der Waals surface area contributed by atoms with E-state index in [0.717, 1.165) is 6.07 Å². The Morgan fingerprint density at radius 1 is 0.897 bits per heavy atom. The Kier molecular flexibility index (Phi) is 7.19. The first-order valence-corrected chi connectivity index (χ1v) is 10.3. The Bertz CT molecular complexity index is 1480. The molecule has 16 heteroatoms. The van der Waals surface area contributed by atoms with E-state index in [1.165, 1.54) is 6.07 Å². The number of nitrogens with zero attached hydrogens (tertiary/aromatic N) is 3. The first-order valence-electron chi connectivity index (χ1n) is 10.3. The van der Waals surface area contributed by atoms with Gasteiger partial charge in [0.1, 0.15) is 5.84 Å². The number of carbonyl (C=O) groups is 1. The zero-order valence-electron chi connectivity index (χ0n) is 19.2. The van der Waals surface area contributed by atoms with Crippen molar-refractivity contribution in [1.29, 1.82) is 5.26 Å². The van der Waals surface area contributed by atoms with Crippen molar-refractivity contribution in [3.63, 3.8) is 0 Å². The molecule has 1 aromatic heterocycles. The molecule has 0 bridgehead atoms. The van der Waals surface area contributed by atoms with E-state index in [1.807, 2.05) is 0 Å². The van der Waals surface area contributed by atoms with Crippen LogP contribution in [-0.2, 0) is 31.0 Å². The zero-order valence-corrected chi connectivity index (χ0v) is 19.2. The van der Waals surface area contributed by atoms with Gasteiger partial charge in [0.15, 0.2) is 0 Å². The number of alkyl halides is 11. The minimum Gasteiger partial charge on any atom is -0.386 e. The Balaban J connectivity index is 2.15. The predicted molar refractivity (Wildman–Crippen MR) is 114 cm³/mol. The van der Waals surface area contributed by atoms with E-state index in [4.69, 9.17) is 11.0 Å². The number of amidine groups is 1. The highest BCUT2D eigenvalue weighted by atomic mass is 19.4. The molecule has 0 radical (unpaired) electrons. The van der Waals surface area contributed by atoms with Crippen LogP contribution in [-0.4, -0.2) is 16.3 Å². The van der Waals surface area contributed by atoms with Crippen LogP contribution >= 0.6 is 0 Å². The predicted octanol–water partition coefficient (Wildman–Crippen LogP) is 6.88. The number of nitriles is 1. The number of rotatable bonds is 4. The molecule has 1 amide bonds. The molecule has 3 rings (SSSR count). The Morgan fingerprint density at radius 2 is 1.44 bits per heavy atom. The molecular formula is C23H13F11N4O. The van der Waals surface area contributed by atoms with Gasteiger partial charge >= 0.3 is 18.5 Å². The lowest BCUT2D eigenvalue weighted by molar-refractivity contribution is -0.143. The van der Waals surface area contributed by atoms with Crippen LogP contribution in [0.5, 0.6) is 0 Å². The second-order valence-corrected chi connectivity index (χ2v) is 8.24. The molecular weight excluding hydrogens is 557 g/mol. The van der Waals surface area contributed by atoms with Crippen LogP contribution in [0.2, 0.25) is 0 Å². The summed E-state index contributed by atoms with van der Waals surface area (Å²) in [6.07, 6.45) is -15.7. The van der Waals surface area contributed by atoms with Gasteiger partial charge in [0.2, 0.25) is 0 Å². The lowest BCUT2D eigenvalue weighted by Gasteiger charge is -2.16. The molecule has 0 aliphatic carbocycles. The topological polar surface area (TPSA) is 84.2 Å². The molecule has 1 heterocycles. The van der Waals surface area contributed by atoms with Crippen LogP contribution in [0.1, 0.15) is 45.2 Å². The number of aliphatic imine (C=N–C) groups is 1. The van der Waals surface area contributed by atoms with Crippen molar-refractivity contribution < 1.29 is 53.1 Å². The second kappa shape index (κ2) is 9.54. The average Bonchev–Trinajstić information content (AvgIpc) is 3.14. The van der Waals surface area contributed by atoms with E-state index in [2.05, 4.69) is 4.99 Å². The maximum Gasteiger partial charge on any atom is 0.418 e. The SMILES string of the molecule is CC(F)(F)c1cc2c(C(F)(F)F)c(C#N)ccc2n1CC(N)=NC(=O)c1cc(C(F)(F)F)cc(C(F)(F)F)c1. The lowest BCUT2D eigenvalue weighted by Crippen LogP contribution is -2.25. The van der Waals surface area contributed by atoms with Crippen molar-refractivity contribution in [2.24, 2.45) is 10.7 Å². The van der Waals surface area contributed by atoms with Gasteiger partial charge < -0.3 is 10.3 Å². The third-order valence-electron chi connectivity index (χ3n) is 5.34. The van der Waals surface area contributed by atoms with Crippen LogP contribution in [0.4, 0.5) is 48.3 Å². The number of amides is 1. The fourth-order valence-electron chi connectivity index (χ4n) is 3.74. The molecule has 0 aliphatic heterocycles. The molecule has 0 spiro atoms. The third kappa shape index (κ3) is 6.13. The van der Waals surface area contributed by atoms with Crippen LogP contribution in [0, 0.1) is 11.3 Å². The smallest absolute Gasteiger partial charge is 0.386 e. The average molecular weight is 570 g/mol. The Morgan fingerprint density at radius 3 is 1.87 bits per heavy atom. The van der Waals surface area contributed by atoms with Gasteiger partial charge in [-0.1, -0.05) is 0 Å². The highest BCUT2D eigenvalue weighted by Gasteiger charge is 2.40. The first-order chi connectivity index (χ1) is 17.6. The van der Waals surface area contributed by atoms with Crippen molar-refractivity contribution in [3.8, 4) is 6.07 Å². The highest BCUT2D eigenvalue weighted by Crippen LogP contribution is 2.41. The van der Waals surface area contributed by atoms with Gasteiger partial charge in [0, 0.05) is 23.4 Å². The van der Waals surface area contributed by atoms with E-state index in [0.29, 0.717) is 23.6 Å². The lowest BCUT2D eigenvalue weighted by atomic mass is 10.0. The summed E-state index contributed by atoms with van der Waals surface area (Å²) >= 11 is 0. The van der Waals surface area contributed by atoms with E-state index < -0.39 is 87.2 Å². The number of halogens is 11. The standard InChI is InChI=1S/C23H13F11N4O/c1-20(24,25)16-7-14-15(3-2-10(8-35)18(14)23(32,33)34)38(16)9-17(36)37-19(39)11-4-12(21(26,27)28)6-13(5-11)22(29,30)31/h2-7H,9H2,1H3,(H2,36,37,39). The Hall–Kier alpha value is -4.16. The summed E-state index contributed by atoms with van der Waals surface area (Å²) in [6.45, 7) is -0.682. The summed E-state index contributed by atoms with van der Waals surface area (Å²) < 4.78 is 149. The van der Waals surface area contributed by atoms with Crippen LogP contribution in [0.3, 0.4) is 0 Å². The van der Waals surface area contributed by atoms with Crippen molar-refractivity contribution in [2.75, 3.05) is 0 Å². The number of fused-ring (bicyclic) bond motifs is 1. The molecule has 39 heavy (non-hydrogen) atoms. The molecule has 2 aromatic carbocycles. The molecule has 3 aromatic rings. The molecule has 2 N–H and O–H groups in total. The fourth-order valence-corrected chi connectivity index (χ4v) is 3.74. The normalized spacial score (nSPS) is 13.6. The summed E-state index contributed by atoms with van der Waals surface area (Å²) in [5.74, 6) is -6.43. The largest absolute Gasteiger partial charge is 0.418 e. The van der Waals surface area contributed by atoms with E-state index in [9.17, 15) is 53.1 Å². The minimum absolute atomic E-state index is 0.0735.